The molecule has 2 aliphatic heterocycles. The Balaban J connectivity index is 0.912. The van der Waals surface area contributed by atoms with Gasteiger partial charge < -0.3 is 49.0 Å². The number of rotatable bonds is 11. The van der Waals surface area contributed by atoms with Crippen LogP contribution in [0.5, 0.6) is 28.7 Å². The van der Waals surface area contributed by atoms with E-state index in [1.165, 1.54) is 0 Å². The van der Waals surface area contributed by atoms with Crippen molar-refractivity contribution < 1.29 is 33.2 Å². The van der Waals surface area contributed by atoms with Gasteiger partial charge in [-0.1, -0.05) is 36.4 Å². The van der Waals surface area contributed by atoms with Gasteiger partial charge in [-0.3, -0.25) is 0 Å². The van der Waals surface area contributed by atoms with Crippen LogP contribution in [0.2, 0.25) is 0 Å². The molecule has 0 fully saturated rings. The SMILES string of the molecule is COc1ccc(C2=CC=C3C(C2)Cn2cc(OCCCOc4cn5c(c4OC)C=[N+]([O-])C4=CC=C(c6cccc(N)c6)CC4C5)c(OC)c2C=[N+]3[O-])cc1. The van der Waals surface area contributed by atoms with Crippen LogP contribution in [0.25, 0.3) is 11.1 Å². The van der Waals surface area contributed by atoms with Gasteiger partial charge in [0.25, 0.3) is 0 Å². The van der Waals surface area contributed by atoms with Crippen LogP contribution in [0, 0.1) is 22.3 Å². The standard InChI is InChI=1S/C42H43N5O7/c1-50-34-12-8-27(9-13-34)29-10-14-35-31(18-29)21-44-25-39(41(51-2)37(44)23-46(35)48)53-16-5-17-54-40-26-45-22-32-19-30(28-6-4-7-33(43)20-28)11-15-36(32)47(49)24-38(45)42(40)52-3/h4,6-15,20,23-26,31-32H,5,16-19,21-22,43H2,1-3H3. The molecular formula is C42H43N5O7. The van der Waals surface area contributed by atoms with E-state index in [4.69, 9.17) is 29.4 Å². The van der Waals surface area contributed by atoms with Crippen LogP contribution in [0.3, 0.4) is 0 Å². The number of nitrogen functional groups attached to an aromatic ring is 1. The molecule has 54 heavy (non-hydrogen) atoms. The maximum atomic E-state index is 13.3. The lowest BCUT2D eigenvalue weighted by Gasteiger charge is -2.22. The van der Waals surface area contributed by atoms with E-state index in [2.05, 4.69) is 0 Å². The number of allylic oxidation sites excluding steroid dienone is 8. The second-order valence-corrected chi connectivity index (χ2v) is 13.8. The molecule has 4 aromatic rings. The van der Waals surface area contributed by atoms with Gasteiger partial charge in [0.2, 0.25) is 12.4 Å². The lowest BCUT2D eigenvalue weighted by atomic mass is 9.87. The van der Waals surface area contributed by atoms with Crippen LogP contribution in [-0.2, 0) is 13.1 Å². The maximum Gasteiger partial charge on any atom is 0.208 e. The van der Waals surface area contributed by atoms with Gasteiger partial charge in [0, 0.05) is 37.3 Å². The Morgan fingerprint density at radius 2 is 1.22 bits per heavy atom. The first kappa shape index (κ1) is 34.8. The molecule has 8 rings (SSSR count). The van der Waals surface area contributed by atoms with Crippen molar-refractivity contribution in [1.29, 1.82) is 0 Å². The first-order chi connectivity index (χ1) is 26.3. The summed E-state index contributed by atoms with van der Waals surface area (Å²) >= 11 is 0. The minimum Gasteiger partial charge on any atom is -0.618 e. The smallest absolute Gasteiger partial charge is 0.208 e. The molecule has 2 aromatic carbocycles. The van der Waals surface area contributed by atoms with Crippen molar-refractivity contribution in [3.05, 3.63) is 130 Å². The van der Waals surface area contributed by atoms with Crippen LogP contribution in [0.1, 0.15) is 41.8 Å². The van der Waals surface area contributed by atoms with Crippen LogP contribution in [-0.4, -0.2) is 65.6 Å². The van der Waals surface area contributed by atoms with E-state index in [0.29, 0.717) is 90.6 Å². The second-order valence-electron chi connectivity index (χ2n) is 13.8. The second kappa shape index (κ2) is 14.6. The van der Waals surface area contributed by atoms with Gasteiger partial charge >= 0.3 is 0 Å². The first-order valence-electron chi connectivity index (χ1n) is 18.1. The molecule has 2 N–H and O–H groups in total. The molecule has 2 aliphatic carbocycles. The van der Waals surface area contributed by atoms with Crippen molar-refractivity contribution in [1.82, 2.24) is 9.13 Å². The Hall–Kier alpha value is -6.30. The zero-order valence-corrected chi connectivity index (χ0v) is 30.6. The molecule has 0 radical (unpaired) electrons. The number of hydrogen-bond acceptors (Lipinski definition) is 8. The monoisotopic (exact) mass is 729 g/mol. The number of aromatic nitrogens is 2. The van der Waals surface area contributed by atoms with Gasteiger partial charge in [-0.25, -0.2) is 0 Å². The summed E-state index contributed by atoms with van der Waals surface area (Å²) in [5.41, 5.74) is 13.9. The summed E-state index contributed by atoms with van der Waals surface area (Å²) in [5, 5.41) is 26.7. The number of ether oxygens (including phenoxy) is 5. The molecular weight excluding hydrogens is 686 g/mol. The topological polar surface area (TPSA) is 134 Å². The van der Waals surface area contributed by atoms with Crippen molar-refractivity contribution in [2.75, 3.05) is 40.3 Å². The van der Waals surface area contributed by atoms with Crippen LogP contribution in [0.15, 0.2) is 96.6 Å². The lowest BCUT2D eigenvalue weighted by molar-refractivity contribution is -0.404. The zero-order chi connectivity index (χ0) is 37.3. The van der Waals surface area contributed by atoms with E-state index in [9.17, 15) is 10.4 Å². The van der Waals surface area contributed by atoms with E-state index in [1.54, 1.807) is 33.8 Å². The highest BCUT2D eigenvalue weighted by Gasteiger charge is 2.34. The first-order valence-corrected chi connectivity index (χ1v) is 18.1. The van der Waals surface area contributed by atoms with Gasteiger partial charge in [0.15, 0.2) is 45.8 Å². The Bertz CT molecular complexity index is 2270. The molecule has 2 aromatic heterocycles. The molecule has 12 heteroatoms. The summed E-state index contributed by atoms with van der Waals surface area (Å²) in [6.45, 7) is 1.89. The van der Waals surface area contributed by atoms with Gasteiger partial charge in [0.05, 0.1) is 58.8 Å². The molecule has 2 atom stereocenters. The van der Waals surface area contributed by atoms with Gasteiger partial charge in [0.1, 0.15) is 5.75 Å². The van der Waals surface area contributed by atoms with Crippen molar-refractivity contribution in [2.45, 2.75) is 32.4 Å². The Kier molecular flexibility index (Phi) is 9.41. The predicted octanol–water partition coefficient (Wildman–Crippen LogP) is 6.61. The van der Waals surface area contributed by atoms with E-state index < -0.39 is 0 Å². The summed E-state index contributed by atoms with van der Waals surface area (Å²) in [6.07, 6.45) is 16.8. The van der Waals surface area contributed by atoms with E-state index >= 15 is 0 Å². The van der Waals surface area contributed by atoms with Gasteiger partial charge in [-0.15, -0.1) is 0 Å². The highest BCUT2D eigenvalue weighted by molar-refractivity contribution is 5.82. The summed E-state index contributed by atoms with van der Waals surface area (Å²) in [4.78, 5) is 0. The largest absolute Gasteiger partial charge is 0.618 e. The molecule has 4 heterocycles. The summed E-state index contributed by atoms with van der Waals surface area (Å²) in [7, 11) is 4.82. The van der Waals surface area contributed by atoms with Crippen molar-refractivity contribution in [2.24, 2.45) is 11.8 Å². The van der Waals surface area contributed by atoms with E-state index in [0.717, 1.165) is 43.9 Å². The highest BCUT2D eigenvalue weighted by Crippen LogP contribution is 2.41. The van der Waals surface area contributed by atoms with E-state index in [1.807, 2.05) is 94.4 Å². The molecule has 12 nitrogen and oxygen atoms in total. The summed E-state index contributed by atoms with van der Waals surface area (Å²) in [6, 6.07) is 15.8. The molecule has 278 valence electrons. The van der Waals surface area contributed by atoms with Crippen LogP contribution in [0.4, 0.5) is 5.69 Å². The number of hydroxylamine groups is 2. The molecule has 4 aliphatic rings. The van der Waals surface area contributed by atoms with Gasteiger partial charge in [-0.2, -0.15) is 9.48 Å². The van der Waals surface area contributed by atoms with Crippen LogP contribution >= 0.6 is 0 Å². The predicted molar refractivity (Wildman–Crippen MR) is 207 cm³/mol. The van der Waals surface area contributed by atoms with E-state index in [-0.39, 0.29) is 11.8 Å². The highest BCUT2D eigenvalue weighted by atomic mass is 16.5. The number of fused-ring (bicyclic) bond motifs is 4. The van der Waals surface area contributed by atoms with Crippen molar-refractivity contribution in [3.8, 4) is 28.7 Å². The lowest BCUT2D eigenvalue weighted by Crippen LogP contribution is -2.19. The molecule has 0 spiro atoms. The van der Waals surface area contributed by atoms with Crippen LogP contribution < -0.4 is 29.4 Å². The minimum atomic E-state index is -0.0361. The van der Waals surface area contributed by atoms with Crippen molar-refractivity contribution >= 4 is 29.3 Å². The third kappa shape index (κ3) is 6.59. The fourth-order valence-electron chi connectivity index (χ4n) is 7.82. The Morgan fingerprint density at radius 3 is 1.72 bits per heavy atom. The van der Waals surface area contributed by atoms with Gasteiger partial charge in [-0.05, 0) is 59.4 Å². The molecule has 0 amide bonds. The average molecular weight is 730 g/mol. The average Bonchev–Trinajstić information content (AvgIpc) is 3.58. The summed E-state index contributed by atoms with van der Waals surface area (Å²) in [5.74, 6) is 2.89. The Morgan fingerprint density at radius 1 is 0.685 bits per heavy atom. The summed E-state index contributed by atoms with van der Waals surface area (Å²) < 4.78 is 35.2. The Labute approximate surface area is 313 Å². The zero-order valence-electron chi connectivity index (χ0n) is 30.6. The molecule has 0 bridgehead atoms. The molecule has 2 unspecified atom stereocenters. The molecule has 0 saturated heterocycles. The van der Waals surface area contributed by atoms with Crippen molar-refractivity contribution in [3.63, 3.8) is 0 Å². The number of benzene rings is 2. The minimum absolute atomic E-state index is 0.0265. The third-order valence-corrected chi connectivity index (χ3v) is 10.5. The fraction of sp³-hybridized carbons (Fsp3) is 0.286. The number of hydrogen-bond donors (Lipinski definition) is 1. The quantitative estimate of drug-likeness (QED) is 0.0790. The number of nitrogens with zero attached hydrogens (tertiary/aromatic N) is 4. The number of methoxy groups -OCH3 is 3. The molecule has 0 saturated carbocycles. The normalized spacial score (nSPS) is 18.7. The number of anilines is 1. The number of nitrogens with two attached hydrogens (primary N) is 1. The third-order valence-electron chi connectivity index (χ3n) is 10.5. The fourth-order valence-corrected chi connectivity index (χ4v) is 7.82. The maximum absolute atomic E-state index is 13.3.